The van der Waals surface area contributed by atoms with Crippen LogP contribution in [0.3, 0.4) is 0 Å². The third-order valence-corrected chi connectivity index (χ3v) is 8.10. The molecule has 2 bridgehead atoms. The molecule has 3 nitrogen and oxygen atoms in total. The summed E-state index contributed by atoms with van der Waals surface area (Å²) in [6.45, 7) is 9.95. The Hall–Kier alpha value is -0.990. The summed E-state index contributed by atoms with van der Waals surface area (Å²) in [6.07, 6.45) is -11.2. The molecule has 0 saturated heterocycles. The zero-order valence-electron chi connectivity index (χ0n) is 18.4. The molecule has 5 unspecified atom stereocenters. The molecule has 2 saturated carbocycles. The Morgan fingerprint density at radius 1 is 0.967 bits per heavy atom. The third kappa shape index (κ3) is 3.16. The predicted octanol–water partition coefficient (Wildman–Crippen LogP) is 5.75. The minimum atomic E-state index is -6.10. The number of rotatable bonds is 5. The van der Waals surface area contributed by atoms with Crippen LogP contribution in [0, 0.1) is 40.9 Å². The number of aliphatic hydroxyl groups is 1. The Morgan fingerprint density at radius 3 is 1.70 bits per heavy atom. The second-order valence-corrected chi connectivity index (χ2v) is 10.1. The summed E-state index contributed by atoms with van der Waals surface area (Å²) < 4.78 is 88.3. The molecule has 0 aromatic heterocycles. The van der Waals surface area contributed by atoms with Crippen molar-refractivity contribution in [1.82, 2.24) is 0 Å². The van der Waals surface area contributed by atoms with Crippen molar-refractivity contribution in [2.45, 2.75) is 84.9 Å². The van der Waals surface area contributed by atoms with E-state index in [2.05, 4.69) is 0 Å². The van der Waals surface area contributed by atoms with Crippen LogP contribution in [0.5, 0.6) is 0 Å². The smallest absolute Gasteiger partial charge is 0.430 e. The monoisotopic (exact) mass is 446 g/mol. The largest absolute Gasteiger partial charge is 0.454 e. The maximum absolute atomic E-state index is 13.8. The maximum atomic E-state index is 13.8. The van der Waals surface area contributed by atoms with Crippen molar-refractivity contribution in [2.24, 2.45) is 40.9 Å². The van der Waals surface area contributed by atoms with E-state index in [9.17, 15) is 36.2 Å². The van der Waals surface area contributed by atoms with E-state index in [4.69, 9.17) is 4.74 Å². The third-order valence-electron chi connectivity index (χ3n) is 8.10. The van der Waals surface area contributed by atoms with E-state index in [1.54, 1.807) is 6.92 Å². The van der Waals surface area contributed by atoms with Crippen LogP contribution in [0.1, 0.15) is 61.3 Å². The quantitative estimate of drug-likeness (QED) is 0.432. The molecule has 0 heterocycles. The molecule has 2 aliphatic rings. The number of alkyl halides is 6. The van der Waals surface area contributed by atoms with Crippen LogP contribution in [-0.2, 0) is 9.53 Å². The number of hydrogen-bond donors (Lipinski definition) is 1. The molecule has 0 aliphatic heterocycles. The molecule has 0 aromatic rings. The van der Waals surface area contributed by atoms with Gasteiger partial charge in [0.05, 0.1) is 5.41 Å². The Labute approximate surface area is 173 Å². The lowest BCUT2D eigenvalue weighted by Crippen LogP contribution is -2.76. The molecule has 2 aliphatic carbocycles. The second kappa shape index (κ2) is 7.27. The van der Waals surface area contributed by atoms with Crippen molar-refractivity contribution in [3.05, 3.63) is 0 Å². The van der Waals surface area contributed by atoms with Crippen LogP contribution in [0.4, 0.5) is 26.3 Å². The Bertz CT molecular complexity index is 645. The normalized spacial score (nSPS) is 32.9. The topological polar surface area (TPSA) is 46.5 Å². The highest BCUT2D eigenvalue weighted by Gasteiger charge is 2.83. The van der Waals surface area contributed by atoms with Crippen LogP contribution >= 0.6 is 0 Å². The molecule has 2 rings (SSSR count). The minimum Gasteiger partial charge on any atom is -0.454 e. The molecular weight excluding hydrogens is 414 g/mol. The first-order chi connectivity index (χ1) is 13.3. The summed E-state index contributed by atoms with van der Waals surface area (Å²) in [7, 11) is 0. The van der Waals surface area contributed by atoms with E-state index >= 15 is 0 Å². The van der Waals surface area contributed by atoms with Crippen molar-refractivity contribution >= 4 is 5.97 Å². The fourth-order valence-corrected chi connectivity index (χ4v) is 6.28. The van der Waals surface area contributed by atoms with E-state index in [0.717, 1.165) is 27.7 Å². The van der Waals surface area contributed by atoms with Gasteiger partial charge in [-0.1, -0.05) is 41.5 Å². The van der Waals surface area contributed by atoms with Gasteiger partial charge in [-0.15, -0.1) is 0 Å². The van der Waals surface area contributed by atoms with Crippen LogP contribution in [0.15, 0.2) is 0 Å². The molecule has 176 valence electrons. The predicted molar refractivity (Wildman–Crippen MR) is 98.2 cm³/mol. The van der Waals surface area contributed by atoms with Gasteiger partial charge < -0.3 is 9.84 Å². The van der Waals surface area contributed by atoms with E-state index < -0.39 is 46.8 Å². The number of halogens is 6. The summed E-state index contributed by atoms with van der Waals surface area (Å²) in [5, 5.41) is 10.3. The van der Waals surface area contributed by atoms with Gasteiger partial charge in [0.2, 0.25) is 0 Å². The van der Waals surface area contributed by atoms with Gasteiger partial charge in [-0.2, -0.15) is 26.3 Å². The molecule has 5 atom stereocenters. The molecule has 0 amide bonds. The fourth-order valence-electron chi connectivity index (χ4n) is 6.28. The maximum Gasteiger partial charge on any atom is 0.430 e. The Morgan fingerprint density at radius 2 is 1.40 bits per heavy atom. The summed E-state index contributed by atoms with van der Waals surface area (Å²) in [4.78, 5) is 13.3. The molecular formula is C21H32F6O3. The average molecular weight is 446 g/mol. The van der Waals surface area contributed by atoms with E-state index in [-0.39, 0.29) is 17.8 Å². The Balaban J connectivity index is 2.60. The SMILES string of the molecule is CC1C2CC(C1C)C(C)(C(=O)OC(C(C)C)(C(C)C)C(O)(C(F)(F)F)C(F)(F)F)C2. The number of carbonyl (C=O) groups excluding carboxylic acids is 1. The fraction of sp³-hybridized carbons (Fsp3) is 0.952. The van der Waals surface area contributed by atoms with Crippen molar-refractivity contribution in [2.75, 3.05) is 0 Å². The number of ether oxygens (including phenoxy) is 1. The van der Waals surface area contributed by atoms with E-state index in [1.807, 2.05) is 13.8 Å². The number of carbonyl (C=O) groups is 1. The van der Waals surface area contributed by atoms with Gasteiger partial charge in [0.1, 0.15) is 0 Å². The highest BCUT2D eigenvalue weighted by molar-refractivity contribution is 5.78. The van der Waals surface area contributed by atoms with Gasteiger partial charge in [-0.3, -0.25) is 4.79 Å². The minimum absolute atomic E-state index is 0.0953. The molecule has 9 heteroatoms. The lowest BCUT2D eigenvalue weighted by atomic mass is 9.65. The van der Waals surface area contributed by atoms with Crippen LogP contribution in [-0.4, -0.2) is 34.6 Å². The second-order valence-electron chi connectivity index (χ2n) is 10.1. The molecule has 0 radical (unpaired) electrons. The summed E-state index contributed by atoms with van der Waals surface area (Å²) in [6, 6.07) is 0. The average Bonchev–Trinajstić information content (AvgIpc) is 3.05. The van der Waals surface area contributed by atoms with Gasteiger partial charge in [0, 0.05) is 0 Å². The standard InChI is InChI=1S/C21H32F6O3/c1-10(2)18(11(3)4,19(29,20(22,23)24)21(25,26)27)30-16(28)17(7)9-14-8-15(17)13(6)12(14)5/h10-15,29H,8-9H2,1-7H3. The molecule has 0 aromatic carbocycles. The first-order valence-electron chi connectivity index (χ1n) is 10.4. The van der Waals surface area contributed by atoms with Gasteiger partial charge in [0.15, 0.2) is 5.60 Å². The lowest BCUT2D eigenvalue weighted by Gasteiger charge is -2.53. The number of esters is 1. The first kappa shape index (κ1) is 25.3. The lowest BCUT2D eigenvalue weighted by molar-refractivity contribution is -0.425. The summed E-state index contributed by atoms with van der Waals surface area (Å²) in [5.41, 5.74) is -9.64. The Kier molecular flexibility index (Phi) is 6.13. The van der Waals surface area contributed by atoms with Crippen LogP contribution < -0.4 is 0 Å². The zero-order valence-corrected chi connectivity index (χ0v) is 18.4. The molecule has 0 spiro atoms. The molecule has 2 fully saturated rings. The summed E-state index contributed by atoms with van der Waals surface area (Å²) >= 11 is 0. The first-order valence-corrected chi connectivity index (χ1v) is 10.4. The number of hydrogen-bond acceptors (Lipinski definition) is 3. The zero-order chi connectivity index (χ0) is 23.7. The molecule has 30 heavy (non-hydrogen) atoms. The van der Waals surface area contributed by atoms with Gasteiger partial charge in [0.25, 0.3) is 5.60 Å². The van der Waals surface area contributed by atoms with E-state index in [0.29, 0.717) is 18.8 Å². The van der Waals surface area contributed by atoms with Crippen LogP contribution in [0.25, 0.3) is 0 Å². The van der Waals surface area contributed by atoms with Crippen molar-refractivity contribution < 1.29 is 41.0 Å². The van der Waals surface area contributed by atoms with Gasteiger partial charge in [-0.25, -0.2) is 0 Å². The highest BCUT2D eigenvalue weighted by atomic mass is 19.4. The summed E-state index contributed by atoms with van der Waals surface area (Å²) in [5.74, 6) is -3.63. The number of fused-ring (bicyclic) bond motifs is 2. The van der Waals surface area contributed by atoms with Gasteiger partial charge in [-0.05, 0) is 55.3 Å². The molecule has 1 N–H and O–H groups in total. The van der Waals surface area contributed by atoms with E-state index in [1.165, 1.54) is 0 Å². The van der Waals surface area contributed by atoms with Crippen molar-refractivity contribution in [3.8, 4) is 0 Å². The van der Waals surface area contributed by atoms with Crippen LogP contribution in [0.2, 0.25) is 0 Å². The highest BCUT2D eigenvalue weighted by Crippen LogP contribution is 2.63. The van der Waals surface area contributed by atoms with Crippen molar-refractivity contribution in [3.63, 3.8) is 0 Å². The van der Waals surface area contributed by atoms with Gasteiger partial charge >= 0.3 is 18.3 Å². The van der Waals surface area contributed by atoms with Crippen molar-refractivity contribution in [1.29, 1.82) is 0 Å².